The molecule has 1 aliphatic carbocycles. The van der Waals surface area contributed by atoms with E-state index in [9.17, 15) is 5.11 Å². The molecule has 0 bridgehead atoms. The number of β-amino-alcohol motifs (C(OH)–C–C–N with tert-alkyl or cyclic N) is 1. The van der Waals surface area contributed by atoms with E-state index < -0.39 is 0 Å². The van der Waals surface area contributed by atoms with Gasteiger partial charge in [-0.3, -0.25) is 0 Å². The molecule has 0 aromatic heterocycles. The van der Waals surface area contributed by atoms with E-state index in [2.05, 4.69) is 5.32 Å². The van der Waals surface area contributed by atoms with E-state index in [4.69, 9.17) is 0 Å². The molecule has 0 atom stereocenters. The van der Waals surface area contributed by atoms with Crippen LogP contribution in [0.1, 0.15) is 44.9 Å². The summed E-state index contributed by atoms with van der Waals surface area (Å²) in [5, 5.41) is 13.1. The summed E-state index contributed by atoms with van der Waals surface area (Å²) in [5.74, 6) is 0.801. The lowest BCUT2D eigenvalue weighted by atomic mass is 9.82. The molecule has 0 unspecified atom stereocenters. The molecule has 1 aliphatic heterocycles. The van der Waals surface area contributed by atoms with Crippen molar-refractivity contribution in [3.05, 3.63) is 0 Å². The zero-order valence-corrected chi connectivity index (χ0v) is 8.39. The van der Waals surface area contributed by atoms with E-state index in [1.807, 2.05) is 0 Å². The second-order valence-electron chi connectivity index (χ2n) is 4.89. The fourth-order valence-corrected chi connectivity index (χ4v) is 2.66. The highest BCUT2D eigenvalue weighted by atomic mass is 16.3. The van der Waals surface area contributed by atoms with Crippen molar-refractivity contribution in [1.82, 2.24) is 5.32 Å². The third-order valence-electron chi connectivity index (χ3n) is 3.55. The van der Waals surface area contributed by atoms with Crippen LogP contribution in [0.2, 0.25) is 0 Å². The lowest BCUT2D eigenvalue weighted by Crippen LogP contribution is -2.60. The molecule has 2 fully saturated rings. The fraction of sp³-hybridized carbons (Fsp3) is 1.00. The Kier molecular flexibility index (Phi) is 2.89. The van der Waals surface area contributed by atoms with Gasteiger partial charge in [0.15, 0.2) is 0 Å². The molecular formula is C11H21NO. The molecular weight excluding hydrogens is 162 g/mol. The van der Waals surface area contributed by atoms with Crippen molar-refractivity contribution >= 4 is 0 Å². The topological polar surface area (TPSA) is 32.3 Å². The Hall–Kier alpha value is -0.0800. The van der Waals surface area contributed by atoms with Crippen LogP contribution in [0.4, 0.5) is 0 Å². The molecule has 0 radical (unpaired) electrons. The van der Waals surface area contributed by atoms with Crippen molar-refractivity contribution in [3.8, 4) is 0 Å². The third kappa shape index (κ3) is 2.44. The number of nitrogens with one attached hydrogen (secondary N) is 1. The Morgan fingerprint density at radius 2 is 1.69 bits per heavy atom. The maximum atomic E-state index is 9.99. The number of hydrogen-bond donors (Lipinski definition) is 2. The van der Waals surface area contributed by atoms with E-state index in [0.29, 0.717) is 0 Å². The van der Waals surface area contributed by atoms with Gasteiger partial charge in [0, 0.05) is 13.1 Å². The Balaban J connectivity index is 1.78. The van der Waals surface area contributed by atoms with Crippen LogP contribution in [0.5, 0.6) is 0 Å². The second kappa shape index (κ2) is 3.97. The van der Waals surface area contributed by atoms with Crippen molar-refractivity contribution in [2.24, 2.45) is 5.92 Å². The van der Waals surface area contributed by atoms with Gasteiger partial charge in [0.05, 0.1) is 5.60 Å². The molecule has 2 rings (SSSR count). The third-order valence-corrected chi connectivity index (χ3v) is 3.55. The Morgan fingerprint density at radius 1 is 1.08 bits per heavy atom. The van der Waals surface area contributed by atoms with Crippen LogP contribution in [0, 0.1) is 5.92 Å². The summed E-state index contributed by atoms with van der Waals surface area (Å²) in [4.78, 5) is 0. The van der Waals surface area contributed by atoms with Crippen LogP contribution < -0.4 is 5.32 Å². The van der Waals surface area contributed by atoms with E-state index >= 15 is 0 Å². The summed E-state index contributed by atoms with van der Waals surface area (Å²) in [6, 6.07) is 0. The van der Waals surface area contributed by atoms with Gasteiger partial charge in [0.2, 0.25) is 0 Å². The summed E-state index contributed by atoms with van der Waals surface area (Å²) in [5.41, 5.74) is -0.338. The monoisotopic (exact) mass is 183 g/mol. The molecule has 0 aromatic carbocycles. The molecule has 1 heterocycles. The normalized spacial score (nSPS) is 29.3. The lowest BCUT2D eigenvalue weighted by molar-refractivity contribution is -0.0319. The maximum Gasteiger partial charge on any atom is 0.0897 e. The first-order valence-electron chi connectivity index (χ1n) is 5.72. The van der Waals surface area contributed by atoms with Crippen LogP contribution >= 0.6 is 0 Å². The molecule has 76 valence electrons. The van der Waals surface area contributed by atoms with Gasteiger partial charge in [0.1, 0.15) is 0 Å². The first-order valence-corrected chi connectivity index (χ1v) is 5.72. The van der Waals surface area contributed by atoms with Crippen LogP contribution in [0.25, 0.3) is 0 Å². The van der Waals surface area contributed by atoms with Crippen molar-refractivity contribution < 1.29 is 5.11 Å². The molecule has 2 heteroatoms. The minimum absolute atomic E-state index is 0.338. The molecule has 2 N–H and O–H groups in total. The van der Waals surface area contributed by atoms with Gasteiger partial charge >= 0.3 is 0 Å². The van der Waals surface area contributed by atoms with Crippen molar-refractivity contribution in [2.75, 3.05) is 13.1 Å². The van der Waals surface area contributed by atoms with Crippen molar-refractivity contribution in [3.63, 3.8) is 0 Å². The van der Waals surface area contributed by atoms with Gasteiger partial charge < -0.3 is 10.4 Å². The molecule has 0 spiro atoms. The van der Waals surface area contributed by atoms with E-state index in [1.165, 1.54) is 38.5 Å². The minimum atomic E-state index is -0.338. The second-order valence-corrected chi connectivity index (χ2v) is 4.89. The Morgan fingerprint density at radius 3 is 2.15 bits per heavy atom. The summed E-state index contributed by atoms with van der Waals surface area (Å²) >= 11 is 0. The zero-order chi connectivity index (χ0) is 9.15. The summed E-state index contributed by atoms with van der Waals surface area (Å²) in [6.45, 7) is 1.65. The molecule has 0 amide bonds. The average molecular weight is 183 g/mol. The molecule has 0 aromatic rings. The minimum Gasteiger partial charge on any atom is -0.387 e. The average Bonchev–Trinajstić information content (AvgIpc) is 2.30. The highest BCUT2D eigenvalue weighted by Gasteiger charge is 2.36. The predicted octanol–water partition coefficient (Wildman–Crippen LogP) is 1.68. The largest absolute Gasteiger partial charge is 0.387 e. The fourth-order valence-electron chi connectivity index (χ4n) is 2.66. The van der Waals surface area contributed by atoms with E-state index in [0.717, 1.165) is 25.4 Å². The van der Waals surface area contributed by atoms with Gasteiger partial charge in [-0.2, -0.15) is 0 Å². The Labute approximate surface area is 80.7 Å². The lowest BCUT2D eigenvalue weighted by Gasteiger charge is -2.40. The van der Waals surface area contributed by atoms with Crippen LogP contribution in [-0.2, 0) is 0 Å². The van der Waals surface area contributed by atoms with Gasteiger partial charge in [0.25, 0.3) is 0 Å². The molecule has 1 saturated heterocycles. The molecule has 13 heavy (non-hydrogen) atoms. The standard InChI is InChI=1S/C11H21NO/c13-11(8-12-9-11)7-10-5-3-1-2-4-6-10/h10,12-13H,1-9H2. The van der Waals surface area contributed by atoms with Gasteiger partial charge in [-0.25, -0.2) is 0 Å². The van der Waals surface area contributed by atoms with Crippen molar-refractivity contribution in [2.45, 2.75) is 50.5 Å². The predicted molar refractivity (Wildman–Crippen MR) is 53.6 cm³/mol. The smallest absolute Gasteiger partial charge is 0.0897 e. The zero-order valence-electron chi connectivity index (χ0n) is 8.39. The molecule has 2 aliphatic rings. The summed E-state index contributed by atoms with van der Waals surface area (Å²) in [6.07, 6.45) is 9.33. The van der Waals surface area contributed by atoms with Crippen molar-refractivity contribution in [1.29, 1.82) is 0 Å². The highest BCUT2D eigenvalue weighted by molar-refractivity contribution is 4.94. The van der Waals surface area contributed by atoms with Gasteiger partial charge in [-0.05, 0) is 12.3 Å². The SMILES string of the molecule is OC1(CC2CCCCCC2)CNC1. The number of aliphatic hydroxyl groups is 1. The maximum absolute atomic E-state index is 9.99. The van der Waals surface area contributed by atoms with Crippen LogP contribution in [-0.4, -0.2) is 23.8 Å². The molecule has 1 saturated carbocycles. The summed E-state index contributed by atoms with van der Waals surface area (Å²) < 4.78 is 0. The van der Waals surface area contributed by atoms with Crippen LogP contribution in [0.15, 0.2) is 0 Å². The van der Waals surface area contributed by atoms with Gasteiger partial charge in [-0.1, -0.05) is 38.5 Å². The number of rotatable bonds is 2. The number of hydrogen-bond acceptors (Lipinski definition) is 2. The quantitative estimate of drug-likeness (QED) is 0.638. The van der Waals surface area contributed by atoms with E-state index in [-0.39, 0.29) is 5.60 Å². The van der Waals surface area contributed by atoms with Gasteiger partial charge in [-0.15, -0.1) is 0 Å². The Bertz CT molecular complexity index is 157. The molecule has 2 nitrogen and oxygen atoms in total. The first-order chi connectivity index (χ1) is 6.29. The highest BCUT2D eigenvalue weighted by Crippen LogP contribution is 2.31. The van der Waals surface area contributed by atoms with Crippen LogP contribution in [0.3, 0.4) is 0 Å². The first kappa shape index (κ1) is 9.47. The van der Waals surface area contributed by atoms with E-state index in [1.54, 1.807) is 0 Å². The summed E-state index contributed by atoms with van der Waals surface area (Å²) in [7, 11) is 0.